The second-order valence-electron chi connectivity index (χ2n) is 9.70. The zero-order valence-corrected chi connectivity index (χ0v) is 23.6. The number of amides is 2. The summed E-state index contributed by atoms with van der Waals surface area (Å²) in [5, 5.41) is 2.04. The molecule has 9 heteroatoms. The quantitative estimate of drug-likeness (QED) is 0.331. The van der Waals surface area contributed by atoms with Gasteiger partial charge in [-0.15, -0.1) is 11.3 Å². The zero-order chi connectivity index (χ0) is 26.5. The fourth-order valence-electron chi connectivity index (χ4n) is 5.16. The van der Waals surface area contributed by atoms with Crippen LogP contribution in [0.15, 0.2) is 64.5 Å². The summed E-state index contributed by atoms with van der Waals surface area (Å²) in [5.74, 6) is -0.0141. The third-order valence-electron chi connectivity index (χ3n) is 7.21. The Morgan fingerprint density at radius 1 is 1.08 bits per heavy atom. The maximum absolute atomic E-state index is 13.8. The fraction of sp³-hybridized carbons (Fsp3) is 0.379. The molecule has 38 heavy (non-hydrogen) atoms. The van der Waals surface area contributed by atoms with E-state index in [1.165, 1.54) is 29.9 Å². The second-order valence-corrected chi connectivity index (χ2v) is 11.6. The standard InChI is InChI=1S/C29H31BrFN3O3S/c30-22-5-3-4-21(18-22)29(36)33(16-15-32-12-1-2-13-32)19-28(35)34-14-10-27-25(11-17-38-27)26(34)20-37-24-8-6-23(31)7-9-24/h3-9,11,17-18,26H,1-2,10,12-16,19-20H2/t26-/m0/s1. The molecule has 1 saturated heterocycles. The van der Waals surface area contributed by atoms with Gasteiger partial charge in [-0.2, -0.15) is 0 Å². The minimum absolute atomic E-state index is 0.00566. The number of ether oxygens (including phenoxy) is 1. The molecule has 0 spiro atoms. The normalized spacial score (nSPS) is 17.3. The maximum Gasteiger partial charge on any atom is 0.254 e. The van der Waals surface area contributed by atoms with E-state index in [2.05, 4.69) is 26.9 Å². The van der Waals surface area contributed by atoms with Gasteiger partial charge in [0.15, 0.2) is 0 Å². The van der Waals surface area contributed by atoms with Crippen LogP contribution in [0.2, 0.25) is 0 Å². The predicted octanol–water partition coefficient (Wildman–Crippen LogP) is 5.39. The van der Waals surface area contributed by atoms with Crippen molar-refractivity contribution in [3.63, 3.8) is 0 Å². The Labute approximate surface area is 235 Å². The van der Waals surface area contributed by atoms with Crippen LogP contribution in [0.5, 0.6) is 5.75 Å². The van der Waals surface area contributed by atoms with Crippen molar-refractivity contribution in [1.29, 1.82) is 0 Å². The molecule has 5 rings (SSSR count). The molecule has 0 radical (unpaired) electrons. The lowest BCUT2D eigenvalue weighted by molar-refractivity contribution is -0.135. The molecule has 2 aromatic carbocycles. The first kappa shape index (κ1) is 26.8. The summed E-state index contributed by atoms with van der Waals surface area (Å²) in [4.78, 5) is 34.5. The molecule has 3 heterocycles. The van der Waals surface area contributed by atoms with Gasteiger partial charge in [0.25, 0.3) is 5.91 Å². The first-order valence-corrected chi connectivity index (χ1v) is 14.7. The molecule has 1 aromatic heterocycles. The van der Waals surface area contributed by atoms with Crippen LogP contribution in [-0.4, -0.2) is 72.4 Å². The molecule has 3 aromatic rings. The summed E-state index contributed by atoms with van der Waals surface area (Å²) in [7, 11) is 0. The van der Waals surface area contributed by atoms with Gasteiger partial charge in [0.05, 0.1) is 6.04 Å². The Kier molecular flexibility index (Phi) is 8.76. The van der Waals surface area contributed by atoms with Crippen LogP contribution < -0.4 is 4.74 Å². The van der Waals surface area contributed by atoms with Gasteiger partial charge in [0.2, 0.25) is 5.91 Å². The molecule has 0 unspecified atom stereocenters. The van der Waals surface area contributed by atoms with Crippen molar-refractivity contribution in [2.75, 3.05) is 45.9 Å². The van der Waals surface area contributed by atoms with Gasteiger partial charge in [-0.3, -0.25) is 9.59 Å². The number of likely N-dealkylation sites (tertiary alicyclic amines) is 1. The van der Waals surface area contributed by atoms with Gasteiger partial charge < -0.3 is 19.4 Å². The molecule has 200 valence electrons. The largest absolute Gasteiger partial charge is 0.491 e. The van der Waals surface area contributed by atoms with Crippen molar-refractivity contribution < 1.29 is 18.7 Å². The number of halogens is 2. The summed E-state index contributed by atoms with van der Waals surface area (Å²) in [6, 6.07) is 15.0. The molecular weight excluding hydrogens is 569 g/mol. The lowest BCUT2D eigenvalue weighted by atomic mass is 10.0. The average Bonchev–Trinajstić information content (AvgIpc) is 3.62. The first-order chi connectivity index (χ1) is 18.5. The highest BCUT2D eigenvalue weighted by atomic mass is 79.9. The Morgan fingerprint density at radius 2 is 1.87 bits per heavy atom. The van der Waals surface area contributed by atoms with E-state index in [-0.39, 0.29) is 36.8 Å². The predicted molar refractivity (Wildman–Crippen MR) is 150 cm³/mol. The minimum Gasteiger partial charge on any atom is -0.491 e. The number of nitrogens with zero attached hydrogens (tertiary/aromatic N) is 3. The minimum atomic E-state index is -0.323. The molecule has 0 N–H and O–H groups in total. The van der Waals surface area contributed by atoms with Crippen LogP contribution in [0.4, 0.5) is 4.39 Å². The molecule has 6 nitrogen and oxygen atoms in total. The van der Waals surface area contributed by atoms with Crippen LogP contribution in [0, 0.1) is 5.82 Å². The van der Waals surface area contributed by atoms with Gasteiger partial charge >= 0.3 is 0 Å². The van der Waals surface area contributed by atoms with Crippen molar-refractivity contribution in [3.8, 4) is 5.75 Å². The number of carbonyl (C=O) groups excluding carboxylic acids is 2. The first-order valence-electron chi connectivity index (χ1n) is 13.0. The van der Waals surface area contributed by atoms with Crippen molar-refractivity contribution in [2.24, 2.45) is 0 Å². The van der Waals surface area contributed by atoms with Crippen LogP contribution in [0.25, 0.3) is 0 Å². The molecule has 0 saturated carbocycles. The molecule has 2 aliphatic rings. The number of carbonyl (C=O) groups is 2. The van der Waals surface area contributed by atoms with E-state index in [1.807, 2.05) is 22.4 Å². The molecule has 2 amide bonds. The zero-order valence-electron chi connectivity index (χ0n) is 21.2. The summed E-state index contributed by atoms with van der Waals surface area (Å²) in [5.41, 5.74) is 1.64. The van der Waals surface area contributed by atoms with Crippen molar-refractivity contribution in [1.82, 2.24) is 14.7 Å². The van der Waals surface area contributed by atoms with E-state index >= 15 is 0 Å². The summed E-state index contributed by atoms with van der Waals surface area (Å²) < 4.78 is 20.2. The third-order valence-corrected chi connectivity index (χ3v) is 8.70. The van der Waals surface area contributed by atoms with Gasteiger partial charge in [-0.25, -0.2) is 4.39 Å². The van der Waals surface area contributed by atoms with Crippen LogP contribution in [0.1, 0.15) is 39.7 Å². The highest BCUT2D eigenvalue weighted by molar-refractivity contribution is 9.10. The van der Waals surface area contributed by atoms with E-state index in [4.69, 9.17) is 4.74 Å². The van der Waals surface area contributed by atoms with E-state index in [0.29, 0.717) is 24.4 Å². The topological polar surface area (TPSA) is 53.1 Å². The third kappa shape index (κ3) is 6.45. The van der Waals surface area contributed by atoms with Gasteiger partial charge in [0, 0.05) is 34.5 Å². The maximum atomic E-state index is 13.8. The van der Waals surface area contributed by atoms with Crippen molar-refractivity contribution >= 4 is 39.1 Å². The van der Waals surface area contributed by atoms with Crippen LogP contribution in [-0.2, 0) is 11.2 Å². The van der Waals surface area contributed by atoms with Crippen molar-refractivity contribution in [3.05, 3.63) is 86.3 Å². The molecule has 0 aliphatic carbocycles. The number of hydrogen-bond donors (Lipinski definition) is 0. The molecular formula is C29H31BrFN3O3S. The number of fused-ring (bicyclic) bond motifs is 1. The number of benzene rings is 2. The molecule has 1 fully saturated rings. The fourth-order valence-corrected chi connectivity index (χ4v) is 6.49. The summed E-state index contributed by atoms with van der Waals surface area (Å²) in [6.45, 7) is 4.13. The van der Waals surface area contributed by atoms with Crippen molar-refractivity contribution in [2.45, 2.75) is 25.3 Å². The molecule has 2 aliphatic heterocycles. The lowest BCUT2D eigenvalue weighted by Crippen LogP contribution is -2.49. The number of thiophene rings is 1. The highest BCUT2D eigenvalue weighted by Gasteiger charge is 2.34. The van der Waals surface area contributed by atoms with E-state index in [1.54, 1.807) is 40.5 Å². The molecule has 1 atom stereocenters. The van der Waals surface area contributed by atoms with Gasteiger partial charge in [-0.05, 0) is 91.8 Å². The second kappa shape index (κ2) is 12.4. The number of rotatable bonds is 9. The van der Waals surface area contributed by atoms with E-state index < -0.39 is 0 Å². The average molecular weight is 601 g/mol. The van der Waals surface area contributed by atoms with Gasteiger partial charge in [0.1, 0.15) is 24.7 Å². The summed E-state index contributed by atoms with van der Waals surface area (Å²) in [6.07, 6.45) is 3.12. The monoisotopic (exact) mass is 599 g/mol. The Hall–Kier alpha value is -2.75. The van der Waals surface area contributed by atoms with E-state index in [0.717, 1.165) is 36.1 Å². The summed E-state index contributed by atoms with van der Waals surface area (Å²) >= 11 is 5.15. The Bertz CT molecular complexity index is 1260. The molecule has 0 bridgehead atoms. The van der Waals surface area contributed by atoms with Crippen LogP contribution >= 0.6 is 27.3 Å². The van der Waals surface area contributed by atoms with E-state index in [9.17, 15) is 14.0 Å². The highest BCUT2D eigenvalue weighted by Crippen LogP contribution is 2.34. The number of hydrogen-bond acceptors (Lipinski definition) is 5. The van der Waals surface area contributed by atoms with Crippen LogP contribution in [0.3, 0.4) is 0 Å². The lowest BCUT2D eigenvalue weighted by Gasteiger charge is -2.37. The Balaban J connectivity index is 1.33. The Morgan fingerprint density at radius 3 is 2.63 bits per heavy atom. The smallest absolute Gasteiger partial charge is 0.254 e. The SMILES string of the molecule is O=C(c1cccc(Br)c1)N(CCN1CCCC1)CC(=O)N1CCc2sccc2[C@@H]1COc1ccc(F)cc1. The van der Waals surface area contributed by atoms with Gasteiger partial charge in [-0.1, -0.05) is 22.0 Å².